The first kappa shape index (κ1) is 31.9. The lowest BCUT2D eigenvalue weighted by molar-refractivity contribution is -0.137. The summed E-state index contributed by atoms with van der Waals surface area (Å²) in [6.07, 6.45) is -1.77. The first-order valence-electron chi connectivity index (χ1n) is 14.1. The highest BCUT2D eigenvalue weighted by molar-refractivity contribution is 7.90. The predicted octanol–water partition coefficient (Wildman–Crippen LogP) is 6.68. The van der Waals surface area contributed by atoms with Gasteiger partial charge in [-0.05, 0) is 47.2 Å². The molecule has 13 heteroatoms. The molecule has 2 aromatic heterocycles. The monoisotopic (exact) mass is 654 g/mol. The molecule has 0 saturated carbocycles. The average molecular weight is 655 g/mol. The van der Waals surface area contributed by atoms with E-state index in [1.54, 1.807) is 53.9 Å². The van der Waals surface area contributed by atoms with Gasteiger partial charge in [0, 0.05) is 12.0 Å². The molecule has 0 unspecified atom stereocenters. The van der Waals surface area contributed by atoms with Gasteiger partial charge in [0.1, 0.15) is 5.82 Å². The number of amides is 1. The van der Waals surface area contributed by atoms with Crippen LogP contribution in [0.3, 0.4) is 0 Å². The number of nitrogens with zero attached hydrogens (tertiary/aromatic N) is 3. The third kappa shape index (κ3) is 7.10. The minimum Gasteiger partial charge on any atom is -0.274 e. The highest BCUT2D eigenvalue weighted by Gasteiger charge is 2.35. The fourth-order valence-electron chi connectivity index (χ4n) is 4.92. The third-order valence-corrected chi connectivity index (χ3v) is 9.39. The van der Waals surface area contributed by atoms with E-state index in [1.165, 1.54) is 34.9 Å². The Morgan fingerprint density at radius 1 is 0.933 bits per heavy atom. The molecule has 0 saturated heterocycles. The van der Waals surface area contributed by atoms with Crippen LogP contribution in [0.4, 0.5) is 13.2 Å². The molecule has 0 radical (unpaired) electrons. The van der Waals surface area contributed by atoms with Crippen molar-refractivity contribution >= 4 is 27.3 Å². The summed E-state index contributed by atoms with van der Waals surface area (Å²) < 4.78 is 72.0. The van der Waals surface area contributed by atoms with E-state index in [4.69, 9.17) is 0 Å². The van der Waals surface area contributed by atoms with E-state index in [2.05, 4.69) is 9.82 Å². The zero-order chi connectivity index (χ0) is 32.2. The van der Waals surface area contributed by atoms with Crippen molar-refractivity contribution in [3.05, 3.63) is 123 Å². The number of aryl methyl sites for hydroxylation is 1. The molecular formula is C32H29F3N4O4S2. The molecule has 5 rings (SSSR count). The van der Waals surface area contributed by atoms with Gasteiger partial charge in [-0.25, -0.2) is 17.9 Å². The van der Waals surface area contributed by atoms with E-state index in [9.17, 15) is 31.2 Å². The lowest BCUT2D eigenvalue weighted by Crippen LogP contribution is -2.30. The van der Waals surface area contributed by atoms with Crippen LogP contribution in [0.5, 0.6) is 0 Å². The molecule has 0 spiro atoms. The minimum atomic E-state index is -4.67. The molecule has 0 atom stereocenters. The third-order valence-electron chi connectivity index (χ3n) is 7.13. The van der Waals surface area contributed by atoms with Crippen molar-refractivity contribution in [3.63, 3.8) is 0 Å². The minimum absolute atomic E-state index is 0.0472. The Hall–Kier alpha value is -4.49. The van der Waals surface area contributed by atoms with Crippen LogP contribution in [0.2, 0.25) is 0 Å². The van der Waals surface area contributed by atoms with Crippen LogP contribution in [0.15, 0.2) is 100.0 Å². The van der Waals surface area contributed by atoms with Crippen LogP contribution in [0.1, 0.15) is 52.8 Å². The Morgan fingerprint density at radius 2 is 1.64 bits per heavy atom. The van der Waals surface area contributed by atoms with Gasteiger partial charge in [-0.3, -0.25) is 9.36 Å². The summed E-state index contributed by atoms with van der Waals surface area (Å²) in [5.41, 5.74) is -0.419. The molecular weight excluding hydrogens is 626 g/mol. The number of benzene rings is 3. The highest BCUT2D eigenvalue weighted by atomic mass is 32.2. The summed E-state index contributed by atoms with van der Waals surface area (Å²) in [6.45, 7) is 2.07. The van der Waals surface area contributed by atoms with E-state index < -0.39 is 33.4 Å². The summed E-state index contributed by atoms with van der Waals surface area (Å²) >= 11 is 1.12. The normalized spacial score (nSPS) is 11.9. The van der Waals surface area contributed by atoms with Crippen molar-refractivity contribution in [2.75, 3.05) is 0 Å². The number of aromatic nitrogens is 3. The molecule has 8 nitrogen and oxygen atoms in total. The quantitative estimate of drug-likeness (QED) is 0.160. The second-order valence-corrected chi connectivity index (χ2v) is 12.9. The van der Waals surface area contributed by atoms with Crippen LogP contribution in [-0.2, 0) is 29.2 Å². The van der Waals surface area contributed by atoms with E-state index >= 15 is 0 Å². The summed E-state index contributed by atoms with van der Waals surface area (Å²) in [4.78, 5) is 26.2. The van der Waals surface area contributed by atoms with Crippen molar-refractivity contribution in [2.45, 2.75) is 50.2 Å². The topological polar surface area (TPSA) is 103 Å². The van der Waals surface area contributed by atoms with Gasteiger partial charge in [0.15, 0.2) is 0 Å². The SMILES string of the molecule is CCCCCc1nn(-c2ccccc2C(F)(F)F)c(=O)n1Cc1ccc(-c2ccccc2S(=O)(=O)NC(=O)c2cccs2)cc1. The van der Waals surface area contributed by atoms with E-state index in [0.717, 1.165) is 34.9 Å². The van der Waals surface area contributed by atoms with Gasteiger partial charge < -0.3 is 0 Å². The summed E-state index contributed by atoms with van der Waals surface area (Å²) in [5.74, 6) is -0.360. The van der Waals surface area contributed by atoms with Crippen molar-refractivity contribution in [2.24, 2.45) is 0 Å². The summed E-state index contributed by atoms with van der Waals surface area (Å²) in [5, 5.41) is 6.01. The van der Waals surface area contributed by atoms with Gasteiger partial charge in [-0.2, -0.15) is 17.9 Å². The Kier molecular flexibility index (Phi) is 9.40. The lowest BCUT2D eigenvalue weighted by Gasteiger charge is -2.12. The number of nitrogens with one attached hydrogen (secondary N) is 1. The largest absolute Gasteiger partial charge is 0.418 e. The van der Waals surface area contributed by atoms with E-state index in [1.807, 2.05) is 6.92 Å². The van der Waals surface area contributed by atoms with Gasteiger partial charge in [0.25, 0.3) is 15.9 Å². The van der Waals surface area contributed by atoms with Crippen LogP contribution < -0.4 is 10.4 Å². The zero-order valence-corrected chi connectivity index (χ0v) is 25.8. The molecule has 3 aromatic carbocycles. The highest BCUT2D eigenvalue weighted by Crippen LogP contribution is 2.33. The first-order chi connectivity index (χ1) is 21.5. The summed E-state index contributed by atoms with van der Waals surface area (Å²) in [6, 6.07) is 21.1. The average Bonchev–Trinajstić information content (AvgIpc) is 3.66. The smallest absolute Gasteiger partial charge is 0.274 e. The number of thiophene rings is 1. The molecule has 234 valence electrons. The fraction of sp³-hybridized carbons (Fsp3) is 0.219. The maximum absolute atomic E-state index is 13.8. The predicted molar refractivity (Wildman–Crippen MR) is 166 cm³/mol. The number of halogens is 3. The maximum atomic E-state index is 13.8. The molecule has 2 heterocycles. The molecule has 0 bridgehead atoms. The Bertz CT molecular complexity index is 1960. The standard InChI is InChI=1S/C32H29F3N4O4S2/c1-2-3-4-15-29-36-39(26-12-7-6-11-25(26)32(33,34)35)31(41)38(29)21-22-16-18-23(19-17-22)24-10-5-8-14-28(24)45(42,43)37-30(40)27-13-9-20-44-27/h5-14,16-20H,2-4,15,21H2,1H3,(H,37,40). The molecule has 1 N–H and O–H groups in total. The van der Waals surface area contributed by atoms with Crippen LogP contribution in [0.25, 0.3) is 16.8 Å². The second-order valence-electron chi connectivity index (χ2n) is 10.3. The van der Waals surface area contributed by atoms with Crippen molar-refractivity contribution in [3.8, 4) is 16.8 Å². The number of unbranched alkanes of at least 4 members (excludes halogenated alkanes) is 2. The van der Waals surface area contributed by atoms with Crippen molar-refractivity contribution in [1.29, 1.82) is 0 Å². The Morgan fingerprint density at radius 3 is 2.33 bits per heavy atom. The number of hydrogen-bond donors (Lipinski definition) is 1. The van der Waals surface area contributed by atoms with Crippen LogP contribution >= 0.6 is 11.3 Å². The molecule has 1 amide bonds. The van der Waals surface area contributed by atoms with Gasteiger partial charge in [0.05, 0.1) is 27.6 Å². The van der Waals surface area contributed by atoms with Crippen LogP contribution in [0, 0.1) is 0 Å². The first-order valence-corrected chi connectivity index (χ1v) is 16.5. The molecule has 0 aliphatic carbocycles. The fourth-order valence-corrected chi connectivity index (χ4v) is 6.80. The van der Waals surface area contributed by atoms with Gasteiger partial charge >= 0.3 is 11.9 Å². The zero-order valence-electron chi connectivity index (χ0n) is 24.1. The van der Waals surface area contributed by atoms with Gasteiger partial charge in [0.2, 0.25) is 0 Å². The van der Waals surface area contributed by atoms with Crippen molar-refractivity contribution < 1.29 is 26.4 Å². The number of carbonyl (C=O) groups is 1. The number of rotatable bonds is 11. The van der Waals surface area contributed by atoms with Crippen LogP contribution in [-0.4, -0.2) is 28.7 Å². The van der Waals surface area contributed by atoms with Gasteiger partial charge in [-0.1, -0.05) is 80.4 Å². The van der Waals surface area contributed by atoms with Crippen molar-refractivity contribution in [1.82, 2.24) is 19.1 Å². The van der Waals surface area contributed by atoms with Gasteiger partial charge in [-0.15, -0.1) is 16.4 Å². The molecule has 0 fully saturated rings. The van der Waals surface area contributed by atoms with E-state index in [-0.39, 0.29) is 22.0 Å². The number of carbonyl (C=O) groups excluding carboxylic acids is 1. The number of para-hydroxylation sites is 1. The number of hydrogen-bond acceptors (Lipinski definition) is 6. The molecule has 0 aliphatic heterocycles. The molecule has 5 aromatic rings. The Labute approximate surface area is 261 Å². The summed E-state index contributed by atoms with van der Waals surface area (Å²) in [7, 11) is -4.21. The maximum Gasteiger partial charge on any atom is 0.418 e. The second kappa shape index (κ2) is 13.2. The lowest BCUT2D eigenvalue weighted by atomic mass is 10.0. The number of alkyl halides is 3. The molecule has 45 heavy (non-hydrogen) atoms. The Balaban J connectivity index is 1.46. The van der Waals surface area contributed by atoms with E-state index in [0.29, 0.717) is 35.4 Å². The number of sulfonamides is 1. The molecule has 0 aliphatic rings.